The molecule has 0 fully saturated rings. The van der Waals surface area contributed by atoms with Gasteiger partial charge in [0, 0.05) is 15.7 Å². The van der Waals surface area contributed by atoms with Crippen LogP contribution in [0.4, 0.5) is 0 Å². The number of unbranched alkanes of at least 4 members (excludes halogenated alkanes) is 1. The second-order valence-corrected chi connectivity index (χ2v) is 4.83. The van der Waals surface area contributed by atoms with Crippen LogP contribution < -0.4 is 11.1 Å². The summed E-state index contributed by atoms with van der Waals surface area (Å²) >= 11 is 2.24. The Morgan fingerprint density at radius 1 is 1.44 bits per heavy atom. The number of carbonyl (C=O) groups excluding carboxylic acids is 1. The summed E-state index contributed by atoms with van der Waals surface area (Å²) < 4.78 is 1.12. The Labute approximate surface area is 110 Å². The Balaban J connectivity index is 2.56. The van der Waals surface area contributed by atoms with Crippen molar-refractivity contribution in [3.63, 3.8) is 0 Å². The smallest absolute Gasteiger partial charge is 0.251 e. The lowest BCUT2D eigenvalue weighted by Gasteiger charge is -2.08. The van der Waals surface area contributed by atoms with Crippen molar-refractivity contribution in [3.8, 4) is 0 Å². The van der Waals surface area contributed by atoms with E-state index in [-0.39, 0.29) is 5.91 Å². The predicted molar refractivity (Wildman–Crippen MR) is 74.5 cm³/mol. The summed E-state index contributed by atoms with van der Waals surface area (Å²) in [5, 5.41) is 2.90. The van der Waals surface area contributed by atoms with Crippen molar-refractivity contribution in [3.05, 3.63) is 32.9 Å². The summed E-state index contributed by atoms with van der Waals surface area (Å²) in [6, 6.07) is 5.76. The molecule has 0 aliphatic heterocycles. The molecule has 0 aliphatic rings. The van der Waals surface area contributed by atoms with Crippen LogP contribution in [0.2, 0.25) is 0 Å². The molecule has 0 unspecified atom stereocenters. The number of nitrogens with two attached hydrogens (primary N) is 1. The van der Waals surface area contributed by atoms with Crippen molar-refractivity contribution in [1.82, 2.24) is 5.32 Å². The van der Waals surface area contributed by atoms with Crippen LogP contribution in [0.15, 0.2) is 18.2 Å². The van der Waals surface area contributed by atoms with Crippen molar-refractivity contribution in [1.29, 1.82) is 0 Å². The molecule has 0 aliphatic carbocycles. The highest BCUT2D eigenvalue weighted by atomic mass is 127. The number of hydrogen-bond donors (Lipinski definition) is 2. The standard InChI is InChI=1S/C12H17IN2O/c1-9-10(5-4-6-11(9)13)12(16)15-8-3-2-7-14/h4-6H,2-3,7-8,14H2,1H3,(H,15,16). The lowest BCUT2D eigenvalue weighted by atomic mass is 10.1. The van der Waals surface area contributed by atoms with E-state index in [1.807, 2.05) is 25.1 Å². The topological polar surface area (TPSA) is 55.1 Å². The maximum Gasteiger partial charge on any atom is 0.251 e. The van der Waals surface area contributed by atoms with Gasteiger partial charge in [-0.2, -0.15) is 0 Å². The summed E-state index contributed by atoms with van der Waals surface area (Å²) in [5.74, 6) is 0.00744. The maximum absolute atomic E-state index is 11.8. The van der Waals surface area contributed by atoms with E-state index in [2.05, 4.69) is 27.9 Å². The monoisotopic (exact) mass is 332 g/mol. The van der Waals surface area contributed by atoms with Crippen LogP contribution in [0.5, 0.6) is 0 Å². The summed E-state index contributed by atoms with van der Waals surface area (Å²) in [6.07, 6.45) is 1.89. The lowest BCUT2D eigenvalue weighted by molar-refractivity contribution is 0.0952. The van der Waals surface area contributed by atoms with E-state index in [1.54, 1.807) is 0 Å². The first-order valence-corrected chi connectivity index (χ1v) is 6.48. The van der Waals surface area contributed by atoms with Crippen LogP contribution in [-0.2, 0) is 0 Å². The summed E-state index contributed by atoms with van der Waals surface area (Å²) in [5.41, 5.74) is 7.19. The molecule has 0 saturated heterocycles. The molecule has 1 aromatic rings. The molecule has 0 saturated carbocycles. The first-order chi connectivity index (χ1) is 7.66. The molecular weight excluding hydrogens is 315 g/mol. The fourth-order valence-corrected chi connectivity index (χ4v) is 1.92. The molecule has 1 rings (SSSR count). The molecule has 4 heteroatoms. The maximum atomic E-state index is 11.8. The number of nitrogens with one attached hydrogen (secondary N) is 1. The Kier molecular flexibility index (Phi) is 5.76. The van der Waals surface area contributed by atoms with Gasteiger partial charge in [-0.15, -0.1) is 0 Å². The Morgan fingerprint density at radius 3 is 2.88 bits per heavy atom. The highest BCUT2D eigenvalue weighted by Crippen LogP contribution is 2.15. The molecule has 0 bridgehead atoms. The zero-order valence-corrected chi connectivity index (χ0v) is 11.6. The number of halogens is 1. The van der Waals surface area contributed by atoms with Crippen LogP contribution in [0.1, 0.15) is 28.8 Å². The predicted octanol–water partition coefficient (Wildman–Crippen LogP) is 2.07. The molecule has 3 nitrogen and oxygen atoms in total. The highest BCUT2D eigenvalue weighted by Gasteiger charge is 2.09. The number of benzene rings is 1. The third-order valence-corrected chi connectivity index (χ3v) is 3.60. The van der Waals surface area contributed by atoms with Gasteiger partial charge in [0.2, 0.25) is 0 Å². The van der Waals surface area contributed by atoms with E-state index >= 15 is 0 Å². The molecule has 88 valence electrons. The van der Waals surface area contributed by atoms with Crippen LogP contribution >= 0.6 is 22.6 Å². The van der Waals surface area contributed by atoms with Crippen molar-refractivity contribution in [2.45, 2.75) is 19.8 Å². The lowest BCUT2D eigenvalue weighted by Crippen LogP contribution is -2.25. The molecule has 1 amide bonds. The second-order valence-electron chi connectivity index (χ2n) is 3.66. The van der Waals surface area contributed by atoms with Gasteiger partial charge in [0.15, 0.2) is 0 Å². The van der Waals surface area contributed by atoms with Gasteiger partial charge < -0.3 is 11.1 Å². The summed E-state index contributed by atoms with van der Waals surface area (Å²) in [6.45, 7) is 3.34. The zero-order valence-electron chi connectivity index (χ0n) is 9.42. The number of carbonyl (C=O) groups is 1. The fraction of sp³-hybridized carbons (Fsp3) is 0.417. The third-order valence-electron chi connectivity index (χ3n) is 2.43. The van der Waals surface area contributed by atoms with E-state index < -0.39 is 0 Å². The number of amides is 1. The van der Waals surface area contributed by atoms with E-state index in [0.717, 1.165) is 27.5 Å². The first kappa shape index (κ1) is 13.4. The summed E-state index contributed by atoms with van der Waals surface area (Å²) in [7, 11) is 0. The number of rotatable bonds is 5. The van der Waals surface area contributed by atoms with Crippen molar-refractivity contribution in [2.75, 3.05) is 13.1 Å². The average molecular weight is 332 g/mol. The van der Waals surface area contributed by atoms with Crippen molar-refractivity contribution >= 4 is 28.5 Å². The van der Waals surface area contributed by atoms with Crippen LogP contribution in [0, 0.1) is 10.5 Å². The minimum absolute atomic E-state index is 0.00744. The molecule has 0 radical (unpaired) electrons. The SMILES string of the molecule is Cc1c(I)cccc1C(=O)NCCCCN. The van der Waals surface area contributed by atoms with Crippen molar-refractivity contribution in [2.24, 2.45) is 5.73 Å². The van der Waals surface area contributed by atoms with Gasteiger partial charge in [-0.25, -0.2) is 0 Å². The quantitative estimate of drug-likeness (QED) is 0.641. The fourth-order valence-electron chi connectivity index (χ4n) is 1.42. The van der Waals surface area contributed by atoms with Gasteiger partial charge in [0.25, 0.3) is 5.91 Å². The third kappa shape index (κ3) is 3.75. The van der Waals surface area contributed by atoms with Gasteiger partial charge in [-0.05, 0) is 66.6 Å². The van der Waals surface area contributed by atoms with E-state index in [9.17, 15) is 4.79 Å². The van der Waals surface area contributed by atoms with E-state index in [1.165, 1.54) is 0 Å². The molecular formula is C12H17IN2O. The van der Waals surface area contributed by atoms with Gasteiger partial charge in [0.1, 0.15) is 0 Å². The van der Waals surface area contributed by atoms with Gasteiger partial charge >= 0.3 is 0 Å². The van der Waals surface area contributed by atoms with E-state index in [0.29, 0.717) is 13.1 Å². The van der Waals surface area contributed by atoms with Gasteiger partial charge in [-0.3, -0.25) is 4.79 Å². The summed E-state index contributed by atoms with van der Waals surface area (Å²) in [4.78, 5) is 11.8. The minimum atomic E-state index is 0.00744. The number of hydrogen-bond acceptors (Lipinski definition) is 2. The molecule has 0 atom stereocenters. The largest absolute Gasteiger partial charge is 0.352 e. The Morgan fingerprint density at radius 2 is 2.19 bits per heavy atom. The van der Waals surface area contributed by atoms with Gasteiger partial charge in [0.05, 0.1) is 0 Å². The van der Waals surface area contributed by atoms with Crippen LogP contribution in [0.25, 0.3) is 0 Å². The molecule has 0 spiro atoms. The van der Waals surface area contributed by atoms with Crippen molar-refractivity contribution < 1.29 is 4.79 Å². The average Bonchev–Trinajstić information content (AvgIpc) is 2.28. The van der Waals surface area contributed by atoms with E-state index in [4.69, 9.17) is 5.73 Å². The molecule has 1 aromatic carbocycles. The normalized spacial score (nSPS) is 10.2. The molecule has 16 heavy (non-hydrogen) atoms. The zero-order chi connectivity index (χ0) is 12.0. The first-order valence-electron chi connectivity index (χ1n) is 5.40. The second kappa shape index (κ2) is 6.85. The molecule has 0 aromatic heterocycles. The highest BCUT2D eigenvalue weighted by molar-refractivity contribution is 14.1. The Hall–Kier alpha value is -0.620. The minimum Gasteiger partial charge on any atom is -0.352 e. The van der Waals surface area contributed by atoms with Crippen LogP contribution in [-0.4, -0.2) is 19.0 Å². The van der Waals surface area contributed by atoms with Gasteiger partial charge in [-0.1, -0.05) is 6.07 Å². The molecule has 3 N–H and O–H groups in total. The van der Waals surface area contributed by atoms with Crippen LogP contribution in [0.3, 0.4) is 0 Å². The molecule has 0 heterocycles. The Bertz CT molecular complexity index is 366.